The van der Waals surface area contributed by atoms with Crippen LogP contribution < -0.4 is 5.32 Å². The Labute approximate surface area is 171 Å². The van der Waals surface area contributed by atoms with Crippen LogP contribution in [0.5, 0.6) is 0 Å². The van der Waals surface area contributed by atoms with Gasteiger partial charge in [0.15, 0.2) is 0 Å². The molecule has 3 aromatic heterocycles. The zero-order chi connectivity index (χ0) is 19.5. The number of halogens is 2. The highest BCUT2D eigenvalue weighted by molar-refractivity contribution is 6.35. The van der Waals surface area contributed by atoms with Gasteiger partial charge in [-0.3, -0.25) is 14.8 Å². The second-order valence-electron chi connectivity index (χ2n) is 6.19. The molecule has 1 aromatic carbocycles. The predicted octanol–water partition coefficient (Wildman–Crippen LogP) is 3.98. The third kappa shape index (κ3) is 3.98. The summed E-state index contributed by atoms with van der Waals surface area (Å²) in [5, 5.41) is 9.25. The molecule has 28 heavy (non-hydrogen) atoms. The zero-order valence-electron chi connectivity index (χ0n) is 14.6. The lowest BCUT2D eigenvalue weighted by molar-refractivity contribution is -0.120. The molecule has 0 saturated carbocycles. The van der Waals surface area contributed by atoms with Gasteiger partial charge in [-0.05, 0) is 35.9 Å². The molecule has 0 aliphatic carbocycles. The van der Waals surface area contributed by atoms with E-state index in [9.17, 15) is 4.79 Å². The third-order valence-corrected chi connectivity index (χ3v) is 4.84. The van der Waals surface area contributed by atoms with Crippen molar-refractivity contribution in [2.75, 3.05) is 0 Å². The summed E-state index contributed by atoms with van der Waals surface area (Å²) in [5.41, 5.74) is 3.24. The first-order valence-electron chi connectivity index (χ1n) is 8.54. The van der Waals surface area contributed by atoms with Gasteiger partial charge in [-0.1, -0.05) is 29.3 Å². The van der Waals surface area contributed by atoms with Crippen LogP contribution in [-0.4, -0.2) is 25.7 Å². The van der Waals surface area contributed by atoms with Crippen molar-refractivity contribution in [3.63, 3.8) is 0 Å². The second-order valence-corrected chi connectivity index (χ2v) is 7.03. The fourth-order valence-electron chi connectivity index (χ4n) is 2.85. The molecule has 0 unspecified atom stereocenters. The van der Waals surface area contributed by atoms with Crippen molar-refractivity contribution in [1.82, 2.24) is 25.1 Å². The Bertz CT molecular complexity index is 1140. The van der Waals surface area contributed by atoms with E-state index in [1.54, 1.807) is 47.7 Å². The van der Waals surface area contributed by atoms with Crippen molar-refractivity contribution in [1.29, 1.82) is 0 Å². The van der Waals surface area contributed by atoms with Crippen LogP contribution in [0.15, 0.2) is 61.2 Å². The average molecular weight is 412 g/mol. The van der Waals surface area contributed by atoms with Gasteiger partial charge >= 0.3 is 0 Å². The molecule has 8 heteroatoms. The molecule has 0 spiro atoms. The SMILES string of the molecule is O=C(Cc1cc2cnn(-c3ccncc3)c2cn1)NCc1ccc(Cl)cc1Cl. The monoisotopic (exact) mass is 411 g/mol. The number of nitrogens with zero attached hydrogens (tertiary/aromatic N) is 4. The van der Waals surface area contributed by atoms with Crippen LogP contribution >= 0.6 is 23.2 Å². The number of benzene rings is 1. The lowest BCUT2D eigenvalue weighted by atomic mass is 10.2. The molecule has 4 rings (SSSR count). The third-order valence-electron chi connectivity index (χ3n) is 4.25. The standard InChI is InChI=1S/C20H15Cl2N5O/c21-15-2-1-13(18(22)8-15)10-25-20(28)9-16-7-14-11-26-27(19(14)12-24-16)17-3-5-23-6-4-17/h1-8,11-12H,9-10H2,(H,25,28). The van der Waals surface area contributed by atoms with Crippen LogP contribution in [0.3, 0.4) is 0 Å². The molecule has 1 amide bonds. The lowest BCUT2D eigenvalue weighted by Gasteiger charge is -2.08. The smallest absolute Gasteiger partial charge is 0.226 e. The largest absolute Gasteiger partial charge is 0.352 e. The topological polar surface area (TPSA) is 72.7 Å². The summed E-state index contributed by atoms with van der Waals surface area (Å²) in [6.45, 7) is 0.330. The Morgan fingerprint density at radius 3 is 2.68 bits per heavy atom. The van der Waals surface area contributed by atoms with Crippen LogP contribution in [0.1, 0.15) is 11.3 Å². The Hall–Kier alpha value is -2.96. The van der Waals surface area contributed by atoms with Gasteiger partial charge in [-0.25, -0.2) is 4.68 Å². The molecule has 1 N–H and O–H groups in total. The van der Waals surface area contributed by atoms with Crippen LogP contribution in [0.4, 0.5) is 0 Å². The van der Waals surface area contributed by atoms with E-state index >= 15 is 0 Å². The molecule has 0 radical (unpaired) electrons. The number of pyridine rings is 2. The number of fused-ring (bicyclic) bond motifs is 1. The van der Waals surface area contributed by atoms with Gasteiger partial charge in [-0.2, -0.15) is 5.10 Å². The molecule has 140 valence electrons. The maximum atomic E-state index is 12.3. The number of hydrogen-bond acceptors (Lipinski definition) is 4. The van der Waals surface area contributed by atoms with Crippen molar-refractivity contribution in [2.45, 2.75) is 13.0 Å². The highest BCUT2D eigenvalue weighted by Crippen LogP contribution is 2.21. The molecular formula is C20H15Cl2N5O. The Balaban J connectivity index is 1.45. The van der Waals surface area contributed by atoms with E-state index in [4.69, 9.17) is 23.2 Å². The quantitative estimate of drug-likeness (QED) is 0.538. The van der Waals surface area contributed by atoms with Crippen LogP contribution in [0.25, 0.3) is 16.6 Å². The summed E-state index contributed by atoms with van der Waals surface area (Å²) >= 11 is 12.0. The Morgan fingerprint density at radius 2 is 1.89 bits per heavy atom. The number of amides is 1. The molecule has 6 nitrogen and oxygen atoms in total. The fourth-order valence-corrected chi connectivity index (χ4v) is 3.32. The first-order valence-corrected chi connectivity index (χ1v) is 9.29. The maximum absolute atomic E-state index is 12.3. The van der Waals surface area contributed by atoms with E-state index in [0.717, 1.165) is 22.2 Å². The van der Waals surface area contributed by atoms with E-state index in [2.05, 4.69) is 20.4 Å². The van der Waals surface area contributed by atoms with Crippen LogP contribution in [0, 0.1) is 0 Å². The van der Waals surface area contributed by atoms with Gasteiger partial charge in [0, 0.05) is 34.4 Å². The number of rotatable bonds is 5. The van der Waals surface area contributed by atoms with E-state index in [1.165, 1.54) is 0 Å². The summed E-state index contributed by atoms with van der Waals surface area (Å²) in [5.74, 6) is -0.139. The normalized spacial score (nSPS) is 10.9. The zero-order valence-corrected chi connectivity index (χ0v) is 16.2. The summed E-state index contributed by atoms with van der Waals surface area (Å²) in [6, 6.07) is 10.8. The summed E-state index contributed by atoms with van der Waals surface area (Å²) < 4.78 is 1.79. The Kier molecular flexibility index (Phi) is 5.23. The second kappa shape index (κ2) is 7.96. The van der Waals surface area contributed by atoms with Crippen LogP contribution in [-0.2, 0) is 17.8 Å². The molecule has 3 heterocycles. The number of carbonyl (C=O) groups excluding carboxylic acids is 1. The summed E-state index contributed by atoms with van der Waals surface area (Å²) in [6.07, 6.45) is 7.07. The number of hydrogen-bond donors (Lipinski definition) is 1. The Morgan fingerprint density at radius 1 is 1.07 bits per heavy atom. The molecule has 0 saturated heterocycles. The molecule has 0 fully saturated rings. The minimum absolute atomic E-state index is 0.139. The van der Waals surface area contributed by atoms with Crippen molar-refractivity contribution in [3.05, 3.63) is 82.5 Å². The number of carbonyl (C=O) groups is 1. The first-order chi connectivity index (χ1) is 13.6. The predicted molar refractivity (Wildman–Crippen MR) is 109 cm³/mol. The van der Waals surface area contributed by atoms with Gasteiger partial charge < -0.3 is 5.32 Å². The minimum Gasteiger partial charge on any atom is -0.352 e. The van der Waals surface area contributed by atoms with Crippen molar-refractivity contribution >= 4 is 40.0 Å². The molecule has 0 aliphatic heterocycles. The lowest BCUT2D eigenvalue weighted by Crippen LogP contribution is -2.25. The van der Waals surface area contributed by atoms with Gasteiger partial charge in [-0.15, -0.1) is 0 Å². The highest BCUT2D eigenvalue weighted by Gasteiger charge is 2.10. The minimum atomic E-state index is -0.139. The van der Waals surface area contributed by atoms with Gasteiger partial charge in [0.05, 0.1) is 35.7 Å². The summed E-state index contributed by atoms with van der Waals surface area (Å²) in [7, 11) is 0. The average Bonchev–Trinajstić information content (AvgIpc) is 3.11. The fraction of sp³-hybridized carbons (Fsp3) is 0.100. The van der Waals surface area contributed by atoms with Gasteiger partial charge in [0.25, 0.3) is 0 Å². The van der Waals surface area contributed by atoms with Gasteiger partial charge in [0.2, 0.25) is 5.91 Å². The molecule has 0 aliphatic rings. The van der Waals surface area contributed by atoms with E-state index in [0.29, 0.717) is 22.3 Å². The maximum Gasteiger partial charge on any atom is 0.226 e. The molecule has 4 aromatic rings. The van der Waals surface area contributed by atoms with E-state index < -0.39 is 0 Å². The highest BCUT2D eigenvalue weighted by atomic mass is 35.5. The molecule has 0 bridgehead atoms. The first kappa shape index (κ1) is 18.4. The van der Waals surface area contributed by atoms with E-state index in [1.807, 2.05) is 18.2 Å². The number of aromatic nitrogens is 4. The molecular weight excluding hydrogens is 397 g/mol. The van der Waals surface area contributed by atoms with Gasteiger partial charge in [0.1, 0.15) is 0 Å². The van der Waals surface area contributed by atoms with Crippen molar-refractivity contribution in [2.24, 2.45) is 0 Å². The van der Waals surface area contributed by atoms with E-state index in [-0.39, 0.29) is 12.3 Å². The summed E-state index contributed by atoms with van der Waals surface area (Å²) in [4.78, 5) is 20.7. The van der Waals surface area contributed by atoms with Crippen molar-refractivity contribution in [3.8, 4) is 5.69 Å². The molecule has 0 atom stereocenters. The number of nitrogens with one attached hydrogen (secondary N) is 1. The van der Waals surface area contributed by atoms with Crippen molar-refractivity contribution < 1.29 is 4.79 Å². The van der Waals surface area contributed by atoms with Crippen LogP contribution in [0.2, 0.25) is 10.0 Å².